The van der Waals surface area contributed by atoms with Gasteiger partial charge in [0.1, 0.15) is 0 Å². The van der Waals surface area contributed by atoms with Crippen LogP contribution in [0.2, 0.25) is 5.02 Å². The van der Waals surface area contributed by atoms with E-state index >= 15 is 0 Å². The van der Waals surface area contributed by atoms with Gasteiger partial charge >= 0.3 is 0 Å². The molecule has 0 aliphatic rings. The summed E-state index contributed by atoms with van der Waals surface area (Å²) in [5, 5.41) is 8.10. The lowest BCUT2D eigenvalue weighted by Crippen LogP contribution is -2.28. The number of hydrogen-bond donors (Lipinski definition) is 1. The summed E-state index contributed by atoms with van der Waals surface area (Å²) >= 11 is 14.3. The molecule has 1 N–H and O–H groups in total. The first-order valence-corrected chi connectivity index (χ1v) is 10.5. The Kier molecular flexibility index (Phi) is 6.48. The van der Waals surface area contributed by atoms with E-state index < -0.39 is 0 Å². The number of thioether (sulfide) groups is 1. The van der Waals surface area contributed by atoms with Crippen LogP contribution in [0.1, 0.15) is 18.5 Å². The van der Waals surface area contributed by atoms with Crippen LogP contribution in [0.4, 0.5) is 0 Å². The van der Waals surface area contributed by atoms with Crippen LogP contribution in [-0.2, 0) is 4.79 Å². The fourth-order valence-corrected chi connectivity index (χ4v) is 4.84. The van der Waals surface area contributed by atoms with E-state index in [9.17, 15) is 4.79 Å². The number of nitrogens with zero attached hydrogens (tertiary/aromatic N) is 2. The maximum Gasteiger partial charge on any atom is 0.230 e. The Hall–Kier alpha value is -1.67. The van der Waals surface area contributed by atoms with Gasteiger partial charge in [0, 0.05) is 5.02 Å². The highest BCUT2D eigenvalue weighted by atomic mass is 35.5. The summed E-state index contributed by atoms with van der Waals surface area (Å²) in [5.74, 6) is 0.195. The molecule has 3 rings (SSSR count). The van der Waals surface area contributed by atoms with Crippen molar-refractivity contribution in [3.8, 4) is 5.69 Å². The van der Waals surface area contributed by atoms with Crippen LogP contribution in [0, 0.1) is 3.95 Å². The third-order valence-electron chi connectivity index (χ3n) is 3.61. The summed E-state index contributed by atoms with van der Waals surface area (Å²) in [6.45, 7) is 1.91. The van der Waals surface area contributed by atoms with Crippen molar-refractivity contribution in [3.05, 3.63) is 69.1 Å². The standard InChI is InChI=1S/C18H16ClN3OS3/c1-12(14-9-5-6-10-15(14)19)20-16(23)11-25-17-21-22(18(24)26-17)13-7-3-2-4-8-13/h2-10,12H,11H2,1H3,(H,20,23). The van der Waals surface area contributed by atoms with E-state index in [0.717, 1.165) is 15.6 Å². The van der Waals surface area contributed by atoms with E-state index in [2.05, 4.69) is 10.4 Å². The second-order valence-corrected chi connectivity index (χ2v) is 8.73. The Balaban J connectivity index is 1.60. The molecule has 1 unspecified atom stereocenters. The molecule has 0 aliphatic heterocycles. The van der Waals surface area contributed by atoms with E-state index in [1.165, 1.54) is 23.1 Å². The second-order valence-electron chi connectivity index (χ2n) is 5.48. The average molecular weight is 422 g/mol. The van der Waals surface area contributed by atoms with E-state index in [4.69, 9.17) is 23.8 Å². The van der Waals surface area contributed by atoms with Crippen molar-refractivity contribution in [2.75, 3.05) is 5.75 Å². The van der Waals surface area contributed by atoms with Crippen molar-refractivity contribution in [1.82, 2.24) is 15.1 Å². The Bertz CT molecular complexity index is 956. The number of aromatic nitrogens is 2. The van der Waals surface area contributed by atoms with Gasteiger partial charge in [0.25, 0.3) is 0 Å². The number of hydrogen-bond acceptors (Lipinski definition) is 5. The molecular weight excluding hydrogens is 406 g/mol. The summed E-state index contributed by atoms with van der Waals surface area (Å²) in [7, 11) is 0. The van der Waals surface area contributed by atoms with Gasteiger partial charge in [-0.1, -0.05) is 71.1 Å². The fraction of sp³-hybridized carbons (Fsp3) is 0.167. The van der Waals surface area contributed by atoms with Gasteiger partial charge in [-0.2, -0.15) is 0 Å². The molecule has 0 saturated heterocycles. The maximum absolute atomic E-state index is 12.2. The number of carbonyl (C=O) groups excluding carboxylic acids is 1. The molecule has 1 aromatic heterocycles. The van der Waals surface area contributed by atoms with Gasteiger partial charge in [-0.3, -0.25) is 4.79 Å². The quantitative estimate of drug-likeness (QED) is 0.434. The van der Waals surface area contributed by atoms with Crippen molar-refractivity contribution in [2.24, 2.45) is 0 Å². The molecule has 8 heteroatoms. The van der Waals surface area contributed by atoms with Crippen LogP contribution in [0.5, 0.6) is 0 Å². The van der Waals surface area contributed by atoms with Crippen LogP contribution in [0.15, 0.2) is 58.9 Å². The van der Waals surface area contributed by atoms with Gasteiger partial charge in [0.2, 0.25) is 5.91 Å². The molecule has 4 nitrogen and oxygen atoms in total. The zero-order valence-corrected chi connectivity index (χ0v) is 17.1. The average Bonchev–Trinajstić information content (AvgIpc) is 3.02. The van der Waals surface area contributed by atoms with Crippen LogP contribution in [-0.4, -0.2) is 21.4 Å². The lowest BCUT2D eigenvalue weighted by atomic mass is 10.1. The third-order valence-corrected chi connectivity index (χ3v) is 6.32. The first-order valence-electron chi connectivity index (χ1n) is 7.87. The van der Waals surface area contributed by atoms with Gasteiger partial charge in [-0.05, 0) is 42.9 Å². The highest BCUT2D eigenvalue weighted by Gasteiger charge is 2.14. The van der Waals surface area contributed by atoms with Gasteiger partial charge in [-0.15, -0.1) is 5.10 Å². The van der Waals surface area contributed by atoms with Crippen molar-refractivity contribution >= 4 is 52.8 Å². The highest BCUT2D eigenvalue weighted by Crippen LogP contribution is 2.25. The molecule has 1 heterocycles. The maximum atomic E-state index is 12.2. The number of rotatable bonds is 6. The number of para-hydroxylation sites is 1. The second kappa shape index (κ2) is 8.81. The molecule has 2 aromatic carbocycles. The minimum atomic E-state index is -0.156. The SMILES string of the molecule is CC(NC(=O)CSc1nn(-c2ccccc2)c(=S)s1)c1ccccc1Cl. The van der Waals surface area contributed by atoms with Crippen molar-refractivity contribution in [2.45, 2.75) is 17.3 Å². The van der Waals surface area contributed by atoms with Crippen LogP contribution < -0.4 is 5.32 Å². The molecule has 0 fully saturated rings. The topological polar surface area (TPSA) is 46.9 Å². The van der Waals surface area contributed by atoms with Gasteiger partial charge in [0.05, 0.1) is 17.5 Å². The largest absolute Gasteiger partial charge is 0.349 e. The summed E-state index contributed by atoms with van der Waals surface area (Å²) in [6.07, 6.45) is 0. The summed E-state index contributed by atoms with van der Waals surface area (Å²) in [5.41, 5.74) is 1.81. The Morgan fingerprint density at radius 3 is 2.69 bits per heavy atom. The summed E-state index contributed by atoms with van der Waals surface area (Å²) in [6, 6.07) is 17.1. The molecule has 0 aliphatic carbocycles. The zero-order chi connectivity index (χ0) is 18.5. The van der Waals surface area contributed by atoms with E-state index in [1.807, 2.05) is 61.5 Å². The van der Waals surface area contributed by atoms with Gasteiger partial charge in [-0.25, -0.2) is 4.68 Å². The number of carbonyl (C=O) groups is 1. The molecule has 3 aromatic rings. The van der Waals surface area contributed by atoms with Crippen molar-refractivity contribution in [3.63, 3.8) is 0 Å². The normalized spacial score (nSPS) is 11.9. The van der Waals surface area contributed by atoms with Gasteiger partial charge < -0.3 is 5.32 Å². The molecule has 0 radical (unpaired) electrons. The minimum Gasteiger partial charge on any atom is -0.349 e. The van der Waals surface area contributed by atoms with E-state index in [1.54, 1.807) is 4.68 Å². The molecule has 0 saturated carbocycles. The summed E-state index contributed by atoms with van der Waals surface area (Å²) < 4.78 is 3.13. The van der Waals surface area contributed by atoms with Crippen molar-refractivity contribution < 1.29 is 4.79 Å². The number of nitrogens with one attached hydrogen (secondary N) is 1. The monoisotopic (exact) mass is 421 g/mol. The lowest BCUT2D eigenvalue weighted by molar-refractivity contribution is -0.119. The van der Waals surface area contributed by atoms with E-state index in [0.29, 0.717) is 8.98 Å². The minimum absolute atomic E-state index is 0.0743. The number of amides is 1. The number of benzene rings is 2. The molecule has 26 heavy (non-hydrogen) atoms. The molecule has 0 spiro atoms. The molecule has 134 valence electrons. The van der Waals surface area contributed by atoms with Crippen LogP contribution in [0.3, 0.4) is 0 Å². The Morgan fingerprint density at radius 2 is 1.96 bits per heavy atom. The van der Waals surface area contributed by atoms with E-state index in [-0.39, 0.29) is 17.7 Å². The van der Waals surface area contributed by atoms with Crippen LogP contribution >= 0.6 is 46.9 Å². The van der Waals surface area contributed by atoms with Gasteiger partial charge in [0.15, 0.2) is 8.29 Å². The van der Waals surface area contributed by atoms with Crippen LogP contribution in [0.25, 0.3) is 5.69 Å². The highest BCUT2D eigenvalue weighted by molar-refractivity contribution is 8.01. The Morgan fingerprint density at radius 1 is 1.27 bits per heavy atom. The predicted octanol–water partition coefficient (Wildman–Crippen LogP) is 5.29. The first kappa shape index (κ1) is 19.1. The third kappa shape index (κ3) is 4.73. The molecular formula is C18H16ClN3OS3. The van der Waals surface area contributed by atoms with Crippen molar-refractivity contribution in [1.29, 1.82) is 0 Å². The predicted molar refractivity (Wildman–Crippen MR) is 111 cm³/mol. The zero-order valence-electron chi connectivity index (χ0n) is 13.9. The lowest BCUT2D eigenvalue weighted by Gasteiger charge is -2.15. The first-order chi connectivity index (χ1) is 12.5. The Labute approximate surface area is 170 Å². The smallest absolute Gasteiger partial charge is 0.230 e. The number of halogens is 1. The molecule has 1 atom stereocenters. The fourth-order valence-electron chi connectivity index (χ4n) is 2.37. The summed E-state index contributed by atoms with van der Waals surface area (Å²) in [4.78, 5) is 12.2. The molecule has 0 bridgehead atoms. The molecule has 1 amide bonds.